The fraction of sp³-hybridized carbons (Fsp3) is 0.647. The van der Waals surface area contributed by atoms with Gasteiger partial charge in [-0.1, -0.05) is 29.8 Å². The van der Waals surface area contributed by atoms with Gasteiger partial charge < -0.3 is 15.0 Å². The lowest BCUT2D eigenvalue weighted by Gasteiger charge is -2.17. The molecule has 0 spiro atoms. The van der Waals surface area contributed by atoms with Gasteiger partial charge in [0.2, 0.25) is 0 Å². The van der Waals surface area contributed by atoms with Crippen LogP contribution in [0.1, 0.15) is 31.4 Å². The summed E-state index contributed by atoms with van der Waals surface area (Å²) in [5, 5.41) is 3.47. The number of hydrogen-bond donors (Lipinski definition) is 1. The highest BCUT2D eigenvalue weighted by Crippen LogP contribution is 2.06. The van der Waals surface area contributed by atoms with Crippen LogP contribution in [0, 0.1) is 6.92 Å². The molecule has 1 rings (SSSR count). The van der Waals surface area contributed by atoms with Crippen molar-refractivity contribution in [1.82, 2.24) is 10.2 Å². The molecular formula is C17H30N2O. The molecule has 0 bridgehead atoms. The van der Waals surface area contributed by atoms with E-state index in [0.717, 1.165) is 39.2 Å². The Hall–Kier alpha value is -0.900. The van der Waals surface area contributed by atoms with Crippen LogP contribution in [0.15, 0.2) is 24.3 Å². The second-order valence-corrected chi connectivity index (χ2v) is 5.75. The Bertz CT molecular complexity index is 366. The fourth-order valence-electron chi connectivity index (χ4n) is 2.11. The first kappa shape index (κ1) is 17.2. The van der Waals surface area contributed by atoms with Crippen molar-refractivity contribution in [3.63, 3.8) is 0 Å². The van der Waals surface area contributed by atoms with Crippen molar-refractivity contribution in [3.05, 3.63) is 35.4 Å². The van der Waals surface area contributed by atoms with Gasteiger partial charge in [-0.15, -0.1) is 0 Å². The number of rotatable bonds is 10. The molecular weight excluding hydrogens is 248 g/mol. The van der Waals surface area contributed by atoms with Gasteiger partial charge in [-0.3, -0.25) is 0 Å². The molecule has 0 amide bonds. The highest BCUT2D eigenvalue weighted by Gasteiger charge is 2.00. The van der Waals surface area contributed by atoms with Gasteiger partial charge >= 0.3 is 0 Å². The van der Waals surface area contributed by atoms with Gasteiger partial charge in [0.25, 0.3) is 0 Å². The zero-order valence-electron chi connectivity index (χ0n) is 13.5. The average molecular weight is 278 g/mol. The van der Waals surface area contributed by atoms with E-state index >= 15 is 0 Å². The quantitative estimate of drug-likeness (QED) is 0.666. The Kier molecular flexibility index (Phi) is 8.51. The lowest BCUT2D eigenvalue weighted by molar-refractivity contribution is 0.0770. The molecule has 114 valence electrons. The number of nitrogens with one attached hydrogen (secondary N) is 1. The van der Waals surface area contributed by atoms with Gasteiger partial charge in [0.15, 0.2) is 0 Å². The van der Waals surface area contributed by atoms with E-state index in [1.807, 2.05) is 0 Å². The van der Waals surface area contributed by atoms with E-state index in [-0.39, 0.29) is 0 Å². The van der Waals surface area contributed by atoms with Gasteiger partial charge in [0, 0.05) is 26.2 Å². The van der Waals surface area contributed by atoms with Gasteiger partial charge in [-0.2, -0.15) is 0 Å². The summed E-state index contributed by atoms with van der Waals surface area (Å²) in [6.07, 6.45) is 1.43. The van der Waals surface area contributed by atoms with E-state index in [4.69, 9.17) is 4.74 Å². The Labute approximate surface area is 124 Å². The van der Waals surface area contributed by atoms with Gasteiger partial charge in [-0.05, 0) is 46.3 Å². The molecule has 1 aromatic carbocycles. The van der Waals surface area contributed by atoms with Crippen LogP contribution in [-0.4, -0.2) is 44.3 Å². The predicted molar refractivity (Wildman–Crippen MR) is 86.1 cm³/mol. The molecule has 20 heavy (non-hydrogen) atoms. The normalized spacial score (nSPS) is 11.5. The highest BCUT2D eigenvalue weighted by atomic mass is 16.5. The molecule has 0 aliphatic heterocycles. The number of likely N-dealkylation sites (N-methyl/N-ethyl adjacent to an activating group) is 1. The standard InChI is InChI=1S/C17H30N2O/c1-15(2)20-12-6-9-18-10-11-19(4)14-17-8-5-7-16(3)13-17/h5,7-8,13,15,18H,6,9-12,14H2,1-4H3. The van der Waals surface area contributed by atoms with Gasteiger partial charge in [0.1, 0.15) is 0 Å². The summed E-state index contributed by atoms with van der Waals surface area (Å²) in [4.78, 5) is 2.35. The maximum atomic E-state index is 5.51. The first-order chi connectivity index (χ1) is 9.58. The molecule has 1 aromatic rings. The second-order valence-electron chi connectivity index (χ2n) is 5.75. The van der Waals surface area contributed by atoms with E-state index in [9.17, 15) is 0 Å². The molecule has 3 nitrogen and oxygen atoms in total. The summed E-state index contributed by atoms with van der Waals surface area (Å²) in [7, 11) is 2.17. The fourth-order valence-corrected chi connectivity index (χ4v) is 2.11. The molecule has 0 unspecified atom stereocenters. The van der Waals surface area contributed by atoms with Crippen LogP contribution in [0.4, 0.5) is 0 Å². The van der Waals surface area contributed by atoms with E-state index in [0.29, 0.717) is 6.10 Å². The minimum absolute atomic E-state index is 0.343. The average Bonchev–Trinajstić information content (AvgIpc) is 2.37. The Morgan fingerprint density at radius 3 is 2.75 bits per heavy atom. The van der Waals surface area contributed by atoms with E-state index < -0.39 is 0 Å². The summed E-state index contributed by atoms with van der Waals surface area (Å²) in [6.45, 7) is 11.3. The third kappa shape index (κ3) is 8.31. The lowest BCUT2D eigenvalue weighted by atomic mass is 10.1. The maximum Gasteiger partial charge on any atom is 0.0518 e. The molecule has 3 heteroatoms. The molecule has 0 radical (unpaired) electrons. The van der Waals surface area contributed by atoms with E-state index in [1.165, 1.54) is 11.1 Å². The van der Waals surface area contributed by atoms with Crippen LogP contribution in [-0.2, 0) is 11.3 Å². The second kappa shape index (κ2) is 9.92. The summed E-state index contributed by atoms with van der Waals surface area (Å²) < 4.78 is 5.51. The minimum atomic E-state index is 0.343. The van der Waals surface area contributed by atoms with Crippen molar-refractivity contribution >= 4 is 0 Å². The Morgan fingerprint density at radius 2 is 2.05 bits per heavy atom. The van der Waals surface area contributed by atoms with Crippen LogP contribution < -0.4 is 5.32 Å². The highest BCUT2D eigenvalue weighted by molar-refractivity contribution is 5.21. The zero-order valence-corrected chi connectivity index (χ0v) is 13.5. The molecule has 0 aliphatic carbocycles. The molecule has 0 heterocycles. The lowest BCUT2D eigenvalue weighted by Crippen LogP contribution is -2.29. The van der Waals surface area contributed by atoms with Crippen molar-refractivity contribution in [1.29, 1.82) is 0 Å². The summed E-state index contributed by atoms with van der Waals surface area (Å²) >= 11 is 0. The minimum Gasteiger partial charge on any atom is -0.379 e. The zero-order chi connectivity index (χ0) is 14.8. The number of ether oxygens (including phenoxy) is 1. The van der Waals surface area contributed by atoms with Crippen molar-refractivity contribution in [2.45, 2.75) is 39.8 Å². The van der Waals surface area contributed by atoms with Crippen LogP contribution in [0.3, 0.4) is 0 Å². The van der Waals surface area contributed by atoms with E-state index in [1.54, 1.807) is 0 Å². The van der Waals surface area contributed by atoms with Crippen LogP contribution >= 0.6 is 0 Å². The molecule has 0 aromatic heterocycles. The first-order valence-electron chi connectivity index (χ1n) is 7.64. The van der Waals surface area contributed by atoms with E-state index in [2.05, 4.69) is 62.3 Å². The van der Waals surface area contributed by atoms with Crippen molar-refractivity contribution in [3.8, 4) is 0 Å². The van der Waals surface area contributed by atoms with Crippen molar-refractivity contribution in [2.24, 2.45) is 0 Å². The molecule has 0 fully saturated rings. The summed E-state index contributed by atoms with van der Waals surface area (Å²) in [6, 6.07) is 8.73. The summed E-state index contributed by atoms with van der Waals surface area (Å²) in [5.74, 6) is 0. The maximum absolute atomic E-state index is 5.51. The van der Waals surface area contributed by atoms with Crippen LogP contribution in [0.25, 0.3) is 0 Å². The molecule has 1 N–H and O–H groups in total. The van der Waals surface area contributed by atoms with Crippen LogP contribution in [0.2, 0.25) is 0 Å². The summed E-state index contributed by atoms with van der Waals surface area (Å²) in [5.41, 5.74) is 2.72. The third-order valence-corrected chi connectivity index (χ3v) is 3.15. The number of hydrogen-bond acceptors (Lipinski definition) is 3. The monoisotopic (exact) mass is 278 g/mol. The van der Waals surface area contributed by atoms with Gasteiger partial charge in [0.05, 0.1) is 6.10 Å². The molecule has 0 saturated heterocycles. The smallest absolute Gasteiger partial charge is 0.0518 e. The third-order valence-electron chi connectivity index (χ3n) is 3.15. The SMILES string of the molecule is Cc1cccc(CN(C)CCNCCCOC(C)C)c1. The van der Waals surface area contributed by atoms with Gasteiger partial charge in [-0.25, -0.2) is 0 Å². The topological polar surface area (TPSA) is 24.5 Å². The Balaban J connectivity index is 2.04. The number of nitrogens with zero attached hydrogens (tertiary/aromatic N) is 1. The largest absolute Gasteiger partial charge is 0.379 e. The van der Waals surface area contributed by atoms with Crippen molar-refractivity contribution in [2.75, 3.05) is 33.3 Å². The number of benzene rings is 1. The van der Waals surface area contributed by atoms with Crippen LogP contribution in [0.5, 0.6) is 0 Å². The van der Waals surface area contributed by atoms with Crippen molar-refractivity contribution < 1.29 is 4.74 Å². The first-order valence-corrected chi connectivity index (χ1v) is 7.64. The Morgan fingerprint density at radius 1 is 1.25 bits per heavy atom. The number of aryl methyl sites for hydroxylation is 1. The molecule has 0 saturated carbocycles. The molecule has 0 aliphatic rings. The predicted octanol–water partition coefficient (Wildman–Crippen LogP) is 2.83. The molecule has 0 atom stereocenters.